The van der Waals surface area contributed by atoms with Crippen LogP contribution in [0.25, 0.3) is 0 Å². The first-order chi connectivity index (χ1) is 13.9. The lowest BCUT2D eigenvalue weighted by Gasteiger charge is -2.41. The molecule has 0 aliphatic carbocycles. The molecule has 1 fully saturated rings. The lowest BCUT2D eigenvalue weighted by atomic mass is 9.84. The summed E-state index contributed by atoms with van der Waals surface area (Å²) in [4.78, 5) is 24.1. The van der Waals surface area contributed by atoms with E-state index in [1.54, 1.807) is 12.1 Å². The smallest absolute Gasteiger partial charge is 0.339 e. The number of esters is 1. The van der Waals surface area contributed by atoms with Gasteiger partial charge in [-0.05, 0) is 60.1 Å². The molecule has 5 nitrogen and oxygen atoms in total. The number of carbonyl (C=O) groups is 1. The average Bonchev–Trinajstić information content (AvgIpc) is 2.65. The van der Waals surface area contributed by atoms with Gasteiger partial charge in [0.15, 0.2) is 11.2 Å². The summed E-state index contributed by atoms with van der Waals surface area (Å²) in [6, 6.07) is 8.98. The van der Waals surface area contributed by atoms with Gasteiger partial charge in [0.1, 0.15) is 0 Å². The fourth-order valence-corrected chi connectivity index (χ4v) is 3.50. The molecule has 1 aliphatic rings. The molecule has 0 aromatic heterocycles. The highest BCUT2D eigenvalue weighted by Crippen LogP contribution is 2.35. The maximum atomic E-state index is 12.8. The molecule has 1 saturated heterocycles. The molecule has 1 aliphatic heterocycles. The maximum Gasteiger partial charge on any atom is 0.339 e. The molecule has 0 spiro atoms. The zero-order valence-corrected chi connectivity index (χ0v) is 19.5. The summed E-state index contributed by atoms with van der Waals surface area (Å²) in [5.74, 6) is 5.98. The van der Waals surface area contributed by atoms with Crippen molar-refractivity contribution in [3.8, 4) is 11.8 Å². The lowest BCUT2D eigenvalue weighted by molar-refractivity contribution is -0.389. The van der Waals surface area contributed by atoms with Gasteiger partial charge in [-0.15, -0.1) is 0 Å². The minimum Gasteiger partial charge on any atom is -0.442 e. The molecule has 1 atom stereocenters. The first-order valence-corrected chi connectivity index (χ1v) is 10.7. The van der Waals surface area contributed by atoms with E-state index in [0.717, 1.165) is 12.8 Å². The molecule has 1 heterocycles. The molecule has 30 heavy (non-hydrogen) atoms. The Kier molecular flexibility index (Phi) is 7.74. The Labute approximate surface area is 181 Å². The zero-order valence-electron chi connectivity index (χ0n) is 19.5. The van der Waals surface area contributed by atoms with Crippen molar-refractivity contribution in [2.75, 3.05) is 6.61 Å². The van der Waals surface area contributed by atoms with Gasteiger partial charge in [0.2, 0.25) is 0 Å². The SMILES string of the molecule is CCCC(C)(C)OOC(C)(C)C#CC1(OC(=O)c2ccccc2)CCOC(C)(C)C1. The number of hydrogen-bond donors (Lipinski definition) is 0. The van der Waals surface area contributed by atoms with Crippen molar-refractivity contribution in [3.05, 3.63) is 35.9 Å². The Bertz CT molecular complexity index is 770. The third kappa shape index (κ3) is 7.43. The topological polar surface area (TPSA) is 54.0 Å². The van der Waals surface area contributed by atoms with Crippen LogP contribution in [0.15, 0.2) is 30.3 Å². The molecule has 2 rings (SSSR count). The minimum atomic E-state index is -0.950. The highest BCUT2D eigenvalue weighted by Gasteiger charge is 2.43. The van der Waals surface area contributed by atoms with Crippen molar-refractivity contribution in [1.29, 1.82) is 0 Å². The van der Waals surface area contributed by atoms with Crippen molar-refractivity contribution in [3.63, 3.8) is 0 Å². The van der Waals surface area contributed by atoms with Crippen LogP contribution in [0.5, 0.6) is 0 Å². The van der Waals surface area contributed by atoms with E-state index in [0.29, 0.717) is 25.0 Å². The molecule has 0 radical (unpaired) electrons. The van der Waals surface area contributed by atoms with Crippen LogP contribution >= 0.6 is 0 Å². The highest BCUT2D eigenvalue weighted by molar-refractivity contribution is 5.89. The second kappa shape index (κ2) is 9.51. The molecular weight excluding hydrogens is 380 g/mol. The standard InChI is InChI=1S/C25H36O5/c1-8-14-22(2,3)29-30-23(4,5)15-16-25(17-18-27-24(6,7)19-25)28-21(26)20-12-10-9-11-13-20/h9-13H,8,14,17-19H2,1-7H3. The monoisotopic (exact) mass is 416 g/mol. The fourth-order valence-electron chi connectivity index (χ4n) is 3.50. The van der Waals surface area contributed by atoms with Crippen molar-refractivity contribution in [1.82, 2.24) is 0 Å². The first kappa shape index (κ1) is 24.4. The molecule has 1 aromatic rings. The molecule has 1 aromatic carbocycles. The van der Waals surface area contributed by atoms with Gasteiger partial charge in [-0.1, -0.05) is 43.4 Å². The highest BCUT2D eigenvalue weighted by atomic mass is 17.2. The van der Waals surface area contributed by atoms with Gasteiger partial charge in [0.25, 0.3) is 0 Å². The van der Waals surface area contributed by atoms with Crippen LogP contribution in [0, 0.1) is 11.8 Å². The Morgan fingerprint density at radius 2 is 1.80 bits per heavy atom. The largest absolute Gasteiger partial charge is 0.442 e. The van der Waals surface area contributed by atoms with E-state index in [1.807, 2.05) is 59.7 Å². The summed E-state index contributed by atoms with van der Waals surface area (Å²) in [5.41, 5.74) is -2.16. The summed E-state index contributed by atoms with van der Waals surface area (Å²) < 4.78 is 11.8. The summed E-state index contributed by atoms with van der Waals surface area (Å²) >= 11 is 0. The van der Waals surface area contributed by atoms with E-state index in [-0.39, 0.29) is 5.97 Å². The van der Waals surface area contributed by atoms with E-state index < -0.39 is 22.4 Å². The second-order valence-electron chi connectivity index (χ2n) is 9.72. The van der Waals surface area contributed by atoms with Crippen LogP contribution in [-0.4, -0.2) is 35.0 Å². The third-order valence-corrected chi connectivity index (χ3v) is 4.93. The summed E-state index contributed by atoms with van der Waals surface area (Å²) in [6.45, 7) is 14.2. The van der Waals surface area contributed by atoms with Gasteiger partial charge >= 0.3 is 5.97 Å². The fraction of sp³-hybridized carbons (Fsp3) is 0.640. The molecule has 0 N–H and O–H groups in total. The van der Waals surface area contributed by atoms with Crippen LogP contribution in [0.4, 0.5) is 0 Å². The van der Waals surface area contributed by atoms with E-state index in [1.165, 1.54) is 0 Å². The number of hydrogen-bond acceptors (Lipinski definition) is 5. The van der Waals surface area contributed by atoms with Crippen LogP contribution in [0.1, 0.15) is 84.5 Å². The number of rotatable bonds is 7. The van der Waals surface area contributed by atoms with Gasteiger partial charge in [-0.2, -0.15) is 0 Å². The molecule has 166 valence electrons. The van der Waals surface area contributed by atoms with Crippen LogP contribution in [0.3, 0.4) is 0 Å². The number of benzene rings is 1. The van der Waals surface area contributed by atoms with Crippen molar-refractivity contribution in [2.45, 2.75) is 96.6 Å². The Balaban J connectivity index is 2.23. The predicted molar refractivity (Wildman–Crippen MR) is 117 cm³/mol. The normalized spacial score (nSPS) is 21.4. The van der Waals surface area contributed by atoms with Gasteiger partial charge in [-0.25, -0.2) is 14.6 Å². The van der Waals surface area contributed by atoms with E-state index in [2.05, 4.69) is 18.8 Å². The Morgan fingerprint density at radius 3 is 2.40 bits per heavy atom. The minimum absolute atomic E-state index is 0.387. The van der Waals surface area contributed by atoms with Gasteiger partial charge in [0, 0.05) is 12.8 Å². The molecule has 5 heteroatoms. The van der Waals surface area contributed by atoms with Crippen molar-refractivity contribution in [2.24, 2.45) is 0 Å². The van der Waals surface area contributed by atoms with E-state index in [9.17, 15) is 4.79 Å². The quantitative estimate of drug-likeness (QED) is 0.255. The Morgan fingerprint density at radius 1 is 1.13 bits per heavy atom. The maximum absolute atomic E-state index is 12.8. The Hall–Kier alpha value is -1.87. The molecular formula is C25H36O5. The van der Waals surface area contributed by atoms with Crippen molar-refractivity contribution >= 4 is 5.97 Å². The number of carbonyl (C=O) groups excluding carboxylic acids is 1. The second-order valence-corrected chi connectivity index (χ2v) is 9.72. The van der Waals surface area contributed by atoms with Crippen LogP contribution in [-0.2, 0) is 19.2 Å². The molecule has 1 unspecified atom stereocenters. The summed E-state index contributed by atoms with van der Waals surface area (Å²) in [5, 5.41) is 0. The van der Waals surface area contributed by atoms with Gasteiger partial charge < -0.3 is 9.47 Å². The molecule has 0 amide bonds. The van der Waals surface area contributed by atoms with Crippen LogP contribution in [0.2, 0.25) is 0 Å². The molecule has 0 saturated carbocycles. The predicted octanol–water partition coefficient (Wildman–Crippen LogP) is 5.48. The summed E-state index contributed by atoms with van der Waals surface area (Å²) in [6.07, 6.45) is 2.85. The third-order valence-electron chi connectivity index (χ3n) is 4.93. The number of ether oxygens (including phenoxy) is 2. The summed E-state index contributed by atoms with van der Waals surface area (Å²) in [7, 11) is 0. The lowest BCUT2D eigenvalue weighted by Crippen LogP contribution is -2.48. The van der Waals surface area contributed by atoms with Gasteiger partial charge in [-0.3, -0.25) is 0 Å². The zero-order chi connectivity index (χ0) is 22.5. The van der Waals surface area contributed by atoms with Crippen molar-refractivity contribution < 1.29 is 24.0 Å². The van der Waals surface area contributed by atoms with E-state index >= 15 is 0 Å². The average molecular weight is 417 g/mol. The molecule has 0 bridgehead atoms. The first-order valence-electron chi connectivity index (χ1n) is 10.7. The van der Waals surface area contributed by atoms with Crippen LogP contribution < -0.4 is 0 Å². The van der Waals surface area contributed by atoms with Gasteiger partial charge in [0.05, 0.1) is 23.4 Å². The van der Waals surface area contributed by atoms with E-state index in [4.69, 9.17) is 19.2 Å².